The van der Waals surface area contributed by atoms with Gasteiger partial charge in [-0.15, -0.1) is 0 Å². The first kappa shape index (κ1) is 18.9. The first-order chi connectivity index (χ1) is 12.9. The lowest BCUT2D eigenvalue weighted by atomic mass is 9.98. The molecule has 3 rings (SSSR count). The van der Waals surface area contributed by atoms with Crippen molar-refractivity contribution in [1.29, 1.82) is 0 Å². The number of aryl methyl sites for hydroxylation is 3. The topological polar surface area (TPSA) is 74.5 Å². The molecule has 0 aliphatic rings. The number of carbonyl (C=O) groups is 1. The molecule has 142 valence electrons. The average Bonchev–Trinajstić information content (AvgIpc) is 2.98. The van der Waals surface area contributed by atoms with Crippen molar-refractivity contribution in [3.63, 3.8) is 0 Å². The first-order valence-corrected chi connectivity index (χ1v) is 9.01. The number of hydrogen-bond acceptors (Lipinski definition) is 6. The Labute approximate surface area is 158 Å². The molecule has 3 aromatic rings. The van der Waals surface area contributed by atoms with Crippen LogP contribution in [0.2, 0.25) is 0 Å². The van der Waals surface area contributed by atoms with Crippen LogP contribution in [0.25, 0.3) is 11.1 Å². The van der Waals surface area contributed by atoms with Gasteiger partial charge in [0.15, 0.2) is 0 Å². The van der Waals surface area contributed by atoms with Crippen LogP contribution in [0.4, 0.5) is 0 Å². The monoisotopic (exact) mass is 368 g/mol. The summed E-state index contributed by atoms with van der Waals surface area (Å²) in [6.45, 7) is 10.4. The molecule has 0 atom stereocenters. The largest absolute Gasteiger partial charge is 0.490 e. The van der Waals surface area contributed by atoms with Gasteiger partial charge in [-0.25, -0.2) is 9.78 Å². The van der Waals surface area contributed by atoms with Gasteiger partial charge in [-0.05, 0) is 56.0 Å². The fourth-order valence-electron chi connectivity index (χ4n) is 3.14. The van der Waals surface area contributed by atoms with Crippen molar-refractivity contribution in [1.82, 2.24) is 10.1 Å². The van der Waals surface area contributed by atoms with E-state index in [1.807, 2.05) is 12.1 Å². The molecule has 0 unspecified atom stereocenters. The molecule has 0 bridgehead atoms. The van der Waals surface area contributed by atoms with Crippen molar-refractivity contribution in [2.24, 2.45) is 0 Å². The summed E-state index contributed by atoms with van der Waals surface area (Å²) in [6.07, 6.45) is 0. The fourth-order valence-corrected chi connectivity index (χ4v) is 3.14. The van der Waals surface area contributed by atoms with E-state index in [2.05, 4.69) is 37.0 Å². The molecule has 0 spiro atoms. The minimum atomic E-state index is -0.438. The van der Waals surface area contributed by atoms with Gasteiger partial charge in [-0.1, -0.05) is 25.1 Å². The predicted molar refractivity (Wildman–Crippen MR) is 102 cm³/mol. The smallest absolute Gasteiger partial charge is 0.339 e. The van der Waals surface area contributed by atoms with Crippen LogP contribution >= 0.6 is 0 Å². The highest BCUT2D eigenvalue weighted by Gasteiger charge is 2.18. The summed E-state index contributed by atoms with van der Waals surface area (Å²) >= 11 is 0. The Morgan fingerprint density at radius 1 is 1.15 bits per heavy atom. The van der Waals surface area contributed by atoms with E-state index in [9.17, 15) is 4.79 Å². The summed E-state index contributed by atoms with van der Waals surface area (Å²) in [6, 6.07) is 7.71. The Bertz CT molecular complexity index is 976. The van der Waals surface area contributed by atoms with Gasteiger partial charge < -0.3 is 14.0 Å². The second-order valence-corrected chi connectivity index (χ2v) is 6.92. The van der Waals surface area contributed by atoms with Crippen LogP contribution < -0.4 is 4.74 Å². The molecule has 6 nitrogen and oxygen atoms in total. The molecule has 0 radical (unpaired) electrons. The Morgan fingerprint density at radius 2 is 1.93 bits per heavy atom. The van der Waals surface area contributed by atoms with Crippen LogP contribution in [-0.2, 0) is 4.74 Å². The van der Waals surface area contributed by atoms with Crippen LogP contribution in [0.15, 0.2) is 28.8 Å². The van der Waals surface area contributed by atoms with Gasteiger partial charge >= 0.3 is 5.97 Å². The number of fused-ring (bicyclic) bond motifs is 1. The molecule has 1 aromatic carbocycles. The Kier molecular flexibility index (Phi) is 5.44. The Balaban J connectivity index is 1.61. The van der Waals surface area contributed by atoms with Gasteiger partial charge in [0.1, 0.15) is 19.0 Å². The Hall–Kier alpha value is -2.89. The highest BCUT2D eigenvalue weighted by atomic mass is 16.6. The summed E-state index contributed by atoms with van der Waals surface area (Å²) in [5.74, 6) is 0.804. The number of rotatable bonds is 6. The lowest BCUT2D eigenvalue weighted by Gasteiger charge is -2.12. The number of esters is 1. The molecule has 0 saturated heterocycles. The van der Waals surface area contributed by atoms with E-state index in [0.29, 0.717) is 34.0 Å². The maximum atomic E-state index is 12.5. The molecule has 6 heteroatoms. The summed E-state index contributed by atoms with van der Waals surface area (Å²) in [5.41, 5.74) is 4.53. The van der Waals surface area contributed by atoms with Crippen molar-refractivity contribution in [3.05, 3.63) is 52.3 Å². The quantitative estimate of drug-likeness (QED) is 0.471. The molecule has 0 N–H and O–H groups in total. The van der Waals surface area contributed by atoms with Gasteiger partial charge in [-0.3, -0.25) is 0 Å². The molecule has 0 fully saturated rings. The summed E-state index contributed by atoms with van der Waals surface area (Å²) in [7, 11) is 0. The highest BCUT2D eigenvalue weighted by Crippen LogP contribution is 2.24. The number of pyridine rings is 1. The van der Waals surface area contributed by atoms with E-state index in [1.165, 1.54) is 11.1 Å². The predicted octanol–water partition coefficient (Wildman–Crippen LogP) is 4.51. The zero-order valence-corrected chi connectivity index (χ0v) is 16.3. The van der Waals surface area contributed by atoms with Gasteiger partial charge in [0.05, 0.1) is 16.6 Å². The molecule has 0 aliphatic carbocycles. The minimum absolute atomic E-state index is 0.150. The average molecular weight is 368 g/mol. The number of carbonyl (C=O) groups excluding carboxylic acids is 1. The van der Waals surface area contributed by atoms with Gasteiger partial charge in [0.2, 0.25) is 0 Å². The van der Waals surface area contributed by atoms with Crippen LogP contribution in [0.1, 0.15) is 52.6 Å². The van der Waals surface area contributed by atoms with Gasteiger partial charge in [0, 0.05) is 5.69 Å². The molecule has 0 aliphatic heterocycles. The van der Waals surface area contributed by atoms with E-state index in [1.54, 1.807) is 19.9 Å². The van der Waals surface area contributed by atoms with Crippen LogP contribution in [0.5, 0.6) is 5.75 Å². The van der Waals surface area contributed by atoms with Crippen molar-refractivity contribution in [2.45, 2.75) is 40.5 Å². The lowest BCUT2D eigenvalue weighted by Crippen LogP contribution is -2.13. The van der Waals surface area contributed by atoms with Crippen LogP contribution in [-0.4, -0.2) is 29.3 Å². The molecule has 0 amide bonds. The van der Waals surface area contributed by atoms with Crippen molar-refractivity contribution < 1.29 is 18.8 Å². The van der Waals surface area contributed by atoms with E-state index >= 15 is 0 Å². The number of nitrogens with zero attached hydrogens (tertiary/aromatic N) is 2. The summed E-state index contributed by atoms with van der Waals surface area (Å²) < 4.78 is 16.2. The Morgan fingerprint density at radius 3 is 2.63 bits per heavy atom. The molecule has 2 heterocycles. The second kappa shape index (κ2) is 7.78. The molecular formula is C21H24N2O4. The zero-order chi connectivity index (χ0) is 19.6. The third-order valence-electron chi connectivity index (χ3n) is 4.41. The number of hydrogen-bond donors (Lipinski definition) is 0. The van der Waals surface area contributed by atoms with E-state index in [-0.39, 0.29) is 13.2 Å². The summed E-state index contributed by atoms with van der Waals surface area (Å²) in [4.78, 5) is 16.7. The fraction of sp³-hybridized carbons (Fsp3) is 0.381. The third-order valence-corrected chi connectivity index (χ3v) is 4.41. The standard InChI is InChI=1S/C21H24N2O4/c1-12(2)17-7-6-16(10-13(17)3)25-8-9-26-21(24)18-11-14(4)22-20-19(18)15(5)23-27-20/h6-7,10-12H,8-9H2,1-5H3. The van der Waals surface area contributed by atoms with Gasteiger partial charge in [0.25, 0.3) is 5.71 Å². The molecular weight excluding hydrogens is 344 g/mol. The molecule has 2 aromatic heterocycles. The second-order valence-electron chi connectivity index (χ2n) is 6.92. The van der Waals surface area contributed by atoms with Crippen molar-refractivity contribution in [3.8, 4) is 5.75 Å². The normalized spacial score (nSPS) is 11.2. The van der Waals surface area contributed by atoms with Gasteiger partial charge in [-0.2, -0.15) is 0 Å². The maximum absolute atomic E-state index is 12.5. The van der Waals surface area contributed by atoms with Crippen molar-refractivity contribution in [2.75, 3.05) is 13.2 Å². The zero-order valence-electron chi connectivity index (χ0n) is 16.3. The summed E-state index contributed by atoms with van der Waals surface area (Å²) in [5, 5.41) is 4.46. The minimum Gasteiger partial charge on any atom is -0.490 e. The number of ether oxygens (including phenoxy) is 2. The lowest BCUT2D eigenvalue weighted by molar-refractivity contribution is 0.0452. The number of benzene rings is 1. The first-order valence-electron chi connectivity index (χ1n) is 9.01. The van der Waals surface area contributed by atoms with E-state index in [0.717, 1.165) is 5.75 Å². The molecule has 27 heavy (non-hydrogen) atoms. The van der Waals surface area contributed by atoms with E-state index in [4.69, 9.17) is 14.0 Å². The van der Waals surface area contributed by atoms with Crippen LogP contribution in [0.3, 0.4) is 0 Å². The van der Waals surface area contributed by atoms with E-state index < -0.39 is 5.97 Å². The van der Waals surface area contributed by atoms with Crippen LogP contribution in [0, 0.1) is 20.8 Å². The highest BCUT2D eigenvalue weighted by molar-refractivity contribution is 6.03. The third kappa shape index (κ3) is 4.10. The number of aromatic nitrogens is 2. The SMILES string of the molecule is Cc1cc(C(=O)OCCOc2ccc(C(C)C)c(C)c2)c2c(C)noc2n1. The van der Waals surface area contributed by atoms with Crippen molar-refractivity contribution >= 4 is 17.1 Å². The maximum Gasteiger partial charge on any atom is 0.339 e. The molecule has 0 saturated carbocycles.